The van der Waals surface area contributed by atoms with Crippen molar-refractivity contribution in [2.75, 3.05) is 19.7 Å². The van der Waals surface area contributed by atoms with Gasteiger partial charge in [0.25, 0.3) is 5.91 Å². The molecule has 1 aliphatic heterocycles. The van der Waals surface area contributed by atoms with Crippen molar-refractivity contribution in [3.63, 3.8) is 0 Å². The summed E-state index contributed by atoms with van der Waals surface area (Å²) in [5.74, 6) is -0.757. The molecule has 1 aromatic carbocycles. The fourth-order valence-electron chi connectivity index (χ4n) is 2.35. The highest BCUT2D eigenvalue weighted by Gasteiger charge is 2.27. The molecule has 2 rings (SSSR count). The number of carbonyl (C=O) groups excluding carboxylic acids is 1. The molecule has 0 N–H and O–H groups in total. The Kier molecular flexibility index (Phi) is 4.93. The minimum Gasteiger partial charge on any atom is -0.377 e. The summed E-state index contributed by atoms with van der Waals surface area (Å²) in [6.45, 7) is 3.76. The zero-order chi connectivity index (χ0) is 13.8. The van der Waals surface area contributed by atoms with E-state index in [2.05, 4.69) is 15.9 Å². The lowest BCUT2D eigenvalue weighted by Crippen LogP contribution is -2.43. The van der Waals surface area contributed by atoms with Crippen LogP contribution < -0.4 is 0 Å². The predicted molar refractivity (Wildman–Crippen MR) is 74.7 cm³/mol. The van der Waals surface area contributed by atoms with Gasteiger partial charge in [0.1, 0.15) is 5.82 Å². The lowest BCUT2D eigenvalue weighted by atomic mass is 10.1. The maximum absolute atomic E-state index is 13.8. The van der Waals surface area contributed by atoms with Crippen LogP contribution in [0, 0.1) is 5.82 Å². The molecule has 3 nitrogen and oxygen atoms in total. The molecule has 19 heavy (non-hydrogen) atoms. The van der Waals surface area contributed by atoms with Crippen molar-refractivity contribution < 1.29 is 13.9 Å². The summed E-state index contributed by atoms with van der Waals surface area (Å²) >= 11 is 3.24. The van der Waals surface area contributed by atoms with Crippen LogP contribution in [0.1, 0.15) is 30.1 Å². The minimum absolute atomic E-state index is 0.0632. The normalized spacial score (nSPS) is 19.5. The van der Waals surface area contributed by atoms with Gasteiger partial charge >= 0.3 is 0 Å². The summed E-state index contributed by atoms with van der Waals surface area (Å²) < 4.78 is 19.8. The lowest BCUT2D eigenvalue weighted by Gasteiger charge is -2.32. The summed E-state index contributed by atoms with van der Waals surface area (Å²) in [7, 11) is 0. The van der Waals surface area contributed by atoms with Gasteiger partial charge in [-0.1, -0.05) is 6.07 Å². The quantitative estimate of drug-likeness (QED) is 0.852. The third kappa shape index (κ3) is 3.34. The van der Waals surface area contributed by atoms with E-state index in [1.807, 2.05) is 6.92 Å². The molecule has 1 saturated heterocycles. The van der Waals surface area contributed by atoms with Gasteiger partial charge in [0.2, 0.25) is 0 Å². The second-order valence-corrected chi connectivity index (χ2v) is 5.42. The lowest BCUT2D eigenvalue weighted by molar-refractivity contribution is 0.00704. The molecule has 0 radical (unpaired) electrons. The number of benzene rings is 1. The highest BCUT2D eigenvalue weighted by Crippen LogP contribution is 2.23. The smallest absolute Gasteiger partial charge is 0.258 e. The van der Waals surface area contributed by atoms with Gasteiger partial charge in [0.05, 0.1) is 11.7 Å². The number of halogens is 2. The minimum atomic E-state index is -0.488. The molecule has 0 spiro atoms. The third-order valence-corrected chi connectivity index (χ3v) is 3.91. The maximum Gasteiger partial charge on any atom is 0.258 e. The molecule has 1 aliphatic rings. The standard InChI is InChI=1S/C14H17BrFNO2/c1-2-19-10-5-4-8-17(9-10)14(18)13-11(15)6-3-7-12(13)16/h3,6-7,10H,2,4-5,8-9H2,1H3. The van der Waals surface area contributed by atoms with E-state index >= 15 is 0 Å². The van der Waals surface area contributed by atoms with Crippen molar-refractivity contribution >= 4 is 21.8 Å². The number of ether oxygens (including phenoxy) is 1. The van der Waals surface area contributed by atoms with E-state index in [4.69, 9.17) is 4.74 Å². The predicted octanol–water partition coefficient (Wildman–Crippen LogP) is 3.23. The molecule has 1 fully saturated rings. The largest absolute Gasteiger partial charge is 0.377 e. The van der Waals surface area contributed by atoms with E-state index in [1.165, 1.54) is 6.07 Å². The van der Waals surface area contributed by atoms with Gasteiger partial charge in [0.15, 0.2) is 0 Å². The highest BCUT2D eigenvalue weighted by atomic mass is 79.9. The second kappa shape index (κ2) is 6.48. The number of likely N-dealkylation sites (tertiary alicyclic amines) is 1. The molecule has 1 amide bonds. The summed E-state index contributed by atoms with van der Waals surface area (Å²) in [6, 6.07) is 4.57. The molecular weight excluding hydrogens is 313 g/mol. The summed E-state index contributed by atoms with van der Waals surface area (Å²) in [5, 5.41) is 0. The summed E-state index contributed by atoms with van der Waals surface area (Å²) in [5.41, 5.74) is 0.111. The third-order valence-electron chi connectivity index (χ3n) is 3.24. The van der Waals surface area contributed by atoms with Crippen LogP contribution in [0.2, 0.25) is 0 Å². The van der Waals surface area contributed by atoms with Gasteiger partial charge in [-0.15, -0.1) is 0 Å². The number of hydrogen-bond donors (Lipinski definition) is 0. The van der Waals surface area contributed by atoms with Crippen molar-refractivity contribution in [2.24, 2.45) is 0 Å². The van der Waals surface area contributed by atoms with Gasteiger partial charge in [-0.3, -0.25) is 4.79 Å². The van der Waals surface area contributed by atoms with Crippen LogP contribution in [-0.4, -0.2) is 36.6 Å². The monoisotopic (exact) mass is 329 g/mol. The fraction of sp³-hybridized carbons (Fsp3) is 0.500. The Labute approximate surface area is 120 Å². The SMILES string of the molecule is CCOC1CCCN(C(=O)c2c(F)cccc2Br)C1. The molecule has 0 aromatic heterocycles. The Morgan fingerprint density at radius 2 is 2.37 bits per heavy atom. The number of hydrogen-bond acceptors (Lipinski definition) is 2. The van der Waals surface area contributed by atoms with E-state index in [1.54, 1.807) is 17.0 Å². The average molecular weight is 330 g/mol. The molecule has 0 aliphatic carbocycles. The average Bonchev–Trinajstić information content (AvgIpc) is 2.39. The molecule has 1 aromatic rings. The van der Waals surface area contributed by atoms with Gasteiger partial charge < -0.3 is 9.64 Å². The number of carbonyl (C=O) groups is 1. The molecule has 1 unspecified atom stereocenters. The molecular formula is C14H17BrFNO2. The van der Waals surface area contributed by atoms with Gasteiger partial charge in [-0.2, -0.15) is 0 Å². The van der Waals surface area contributed by atoms with Crippen LogP contribution in [0.5, 0.6) is 0 Å². The first-order chi connectivity index (χ1) is 9.13. The van der Waals surface area contributed by atoms with Crippen LogP contribution in [0.4, 0.5) is 4.39 Å². The number of amides is 1. The van der Waals surface area contributed by atoms with Gasteiger partial charge in [-0.25, -0.2) is 4.39 Å². The molecule has 0 bridgehead atoms. The van der Waals surface area contributed by atoms with Crippen LogP contribution >= 0.6 is 15.9 Å². The van der Waals surface area contributed by atoms with Crippen molar-refractivity contribution in [2.45, 2.75) is 25.9 Å². The topological polar surface area (TPSA) is 29.5 Å². The summed E-state index contributed by atoms with van der Waals surface area (Å²) in [4.78, 5) is 14.1. The maximum atomic E-state index is 13.8. The summed E-state index contributed by atoms with van der Waals surface area (Å²) in [6.07, 6.45) is 1.91. The van der Waals surface area contributed by atoms with E-state index in [0.29, 0.717) is 24.2 Å². The van der Waals surface area contributed by atoms with Gasteiger partial charge in [-0.05, 0) is 47.8 Å². The first-order valence-electron chi connectivity index (χ1n) is 6.48. The second-order valence-electron chi connectivity index (χ2n) is 4.57. The Morgan fingerprint density at radius 3 is 3.05 bits per heavy atom. The highest BCUT2D eigenvalue weighted by molar-refractivity contribution is 9.10. The first kappa shape index (κ1) is 14.5. The Balaban J connectivity index is 2.15. The number of piperidine rings is 1. The molecule has 104 valence electrons. The Hall–Kier alpha value is -0.940. The van der Waals surface area contributed by atoms with Crippen molar-refractivity contribution in [1.82, 2.24) is 4.90 Å². The Bertz CT molecular complexity index is 445. The van der Waals surface area contributed by atoms with Crippen LogP contribution in [-0.2, 0) is 4.74 Å². The number of rotatable bonds is 3. The number of nitrogens with zero attached hydrogens (tertiary/aromatic N) is 1. The molecule has 1 heterocycles. The van der Waals surface area contributed by atoms with Crippen LogP contribution in [0.25, 0.3) is 0 Å². The van der Waals surface area contributed by atoms with Crippen molar-refractivity contribution in [1.29, 1.82) is 0 Å². The fourth-order valence-corrected chi connectivity index (χ4v) is 2.87. The zero-order valence-electron chi connectivity index (χ0n) is 10.9. The van der Waals surface area contributed by atoms with E-state index in [-0.39, 0.29) is 17.6 Å². The van der Waals surface area contributed by atoms with Crippen molar-refractivity contribution in [3.05, 3.63) is 34.1 Å². The zero-order valence-corrected chi connectivity index (χ0v) is 12.5. The van der Waals surface area contributed by atoms with E-state index < -0.39 is 5.82 Å². The molecule has 0 saturated carbocycles. The van der Waals surface area contributed by atoms with Crippen molar-refractivity contribution in [3.8, 4) is 0 Å². The van der Waals surface area contributed by atoms with Gasteiger partial charge in [0, 0.05) is 24.2 Å². The first-order valence-corrected chi connectivity index (χ1v) is 7.27. The molecule has 1 atom stereocenters. The van der Waals surface area contributed by atoms with Crippen LogP contribution in [0.15, 0.2) is 22.7 Å². The van der Waals surface area contributed by atoms with E-state index in [9.17, 15) is 9.18 Å². The molecule has 5 heteroatoms. The van der Waals surface area contributed by atoms with E-state index in [0.717, 1.165) is 12.8 Å². The van der Waals surface area contributed by atoms with Crippen LogP contribution in [0.3, 0.4) is 0 Å². The Morgan fingerprint density at radius 1 is 1.58 bits per heavy atom.